The zero-order valence-corrected chi connectivity index (χ0v) is 8.50. The zero-order valence-electron chi connectivity index (χ0n) is 7.74. The highest BCUT2D eigenvalue weighted by Crippen LogP contribution is 2.24. The summed E-state index contributed by atoms with van der Waals surface area (Å²) < 4.78 is 13.0. The maximum absolute atomic E-state index is 13.0. The van der Waals surface area contributed by atoms with E-state index in [4.69, 9.17) is 16.7 Å². The molecule has 0 amide bonds. The largest absolute Gasteiger partial charge is 0.396 e. The molecular formula is C10H8ClFN2O. The van der Waals surface area contributed by atoms with Gasteiger partial charge in [0.2, 0.25) is 0 Å². The van der Waals surface area contributed by atoms with Crippen LogP contribution in [0.25, 0.3) is 10.9 Å². The predicted molar refractivity (Wildman–Crippen MR) is 55.3 cm³/mol. The third kappa shape index (κ3) is 1.91. The lowest BCUT2D eigenvalue weighted by molar-refractivity contribution is 0.298. The molecule has 0 unspecified atom stereocenters. The minimum absolute atomic E-state index is 0.0603. The minimum Gasteiger partial charge on any atom is -0.396 e. The summed E-state index contributed by atoms with van der Waals surface area (Å²) in [6.07, 6.45) is 0.318. The fourth-order valence-electron chi connectivity index (χ4n) is 1.35. The van der Waals surface area contributed by atoms with Gasteiger partial charge in [0, 0.05) is 18.4 Å². The Kier molecular flexibility index (Phi) is 2.79. The predicted octanol–water partition coefficient (Wildman–Crippen LogP) is 1.96. The van der Waals surface area contributed by atoms with Gasteiger partial charge in [-0.05, 0) is 18.2 Å². The standard InChI is InChI=1S/C10H8ClFN2O/c11-10-7-5-6(12)1-2-8(7)13-14-9(10)3-4-15/h1-2,5,15H,3-4H2. The summed E-state index contributed by atoms with van der Waals surface area (Å²) in [5.74, 6) is -0.368. The van der Waals surface area contributed by atoms with Crippen molar-refractivity contribution in [2.75, 3.05) is 6.61 Å². The van der Waals surface area contributed by atoms with E-state index in [0.29, 0.717) is 28.0 Å². The summed E-state index contributed by atoms with van der Waals surface area (Å²) in [6, 6.07) is 4.14. The Morgan fingerprint density at radius 3 is 2.87 bits per heavy atom. The summed E-state index contributed by atoms with van der Waals surface area (Å²) in [6.45, 7) is -0.0603. The molecule has 0 saturated heterocycles. The van der Waals surface area contributed by atoms with Gasteiger partial charge >= 0.3 is 0 Å². The van der Waals surface area contributed by atoms with Crippen molar-refractivity contribution in [3.63, 3.8) is 0 Å². The highest BCUT2D eigenvalue weighted by Gasteiger charge is 2.08. The molecule has 0 atom stereocenters. The average molecular weight is 227 g/mol. The fraction of sp³-hybridized carbons (Fsp3) is 0.200. The van der Waals surface area contributed by atoms with Gasteiger partial charge in [-0.1, -0.05) is 11.6 Å². The summed E-state index contributed by atoms with van der Waals surface area (Å²) in [5, 5.41) is 17.4. The molecule has 1 aromatic carbocycles. The number of halogens is 2. The molecule has 0 fully saturated rings. The first-order valence-electron chi connectivity index (χ1n) is 4.43. The molecular weight excluding hydrogens is 219 g/mol. The second-order valence-corrected chi connectivity index (χ2v) is 3.47. The van der Waals surface area contributed by atoms with E-state index < -0.39 is 0 Å². The summed E-state index contributed by atoms with van der Waals surface area (Å²) >= 11 is 6.01. The lowest BCUT2D eigenvalue weighted by Crippen LogP contribution is -1.99. The first-order valence-corrected chi connectivity index (χ1v) is 4.81. The topological polar surface area (TPSA) is 46.0 Å². The molecule has 1 N–H and O–H groups in total. The molecule has 0 spiro atoms. The molecule has 3 nitrogen and oxygen atoms in total. The van der Waals surface area contributed by atoms with E-state index in [1.165, 1.54) is 18.2 Å². The molecule has 1 heterocycles. The van der Waals surface area contributed by atoms with Crippen LogP contribution < -0.4 is 0 Å². The van der Waals surface area contributed by atoms with Crippen LogP contribution in [0.5, 0.6) is 0 Å². The molecule has 15 heavy (non-hydrogen) atoms. The fourth-order valence-corrected chi connectivity index (χ4v) is 1.63. The van der Waals surface area contributed by atoms with Crippen LogP contribution in [0.1, 0.15) is 5.69 Å². The van der Waals surface area contributed by atoms with Gasteiger partial charge in [-0.25, -0.2) is 4.39 Å². The maximum Gasteiger partial charge on any atom is 0.124 e. The van der Waals surface area contributed by atoms with E-state index in [2.05, 4.69) is 10.2 Å². The second kappa shape index (κ2) is 4.08. The molecule has 0 saturated carbocycles. The molecule has 5 heteroatoms. The average Bonchev–Trinajstić information content (AvgIpc) is 2.23. The van der Waals surface area contributed by atoms with E-state index in [0.717, 1.165) is 0 Å². The lowest BCUT2D eigenvalue weighted by Gasteiger charge is -2.03. The van der Waals surface area contributed by atoms with Crippen LogP contribution in [0.4, 0.5) is 4.39 Å². The summed E-state index contributed by atoms with van der Waals surface area (Å²) in [4.78, 5) is 0. The van der Waals surface area contributed by atoms with E-state index in [9.17, 15) is 4.39 Å². The van der Waals surface area contributed by atoms with Crippen molar-refractivity contribution in [2.24, 2.45) is 0 Å². The zero-order chi connectivity index (χ0) is 10.8. The maximum atomic E-state index is 13.0. The number of nitrogens with zero attached hydrogens (tertiary/aromatic N) is 2. The Hall–Kier alpha value is -1.26. The molecule has 0 aliphatic carbocycles. The van der Waals surface area contributed by atoms with Crippen molar-refractivity contribution >= 4 is 22.5 Å². The van der Waals surface area contributed by atoms with E-state index in [1.807, 2.05) is 0 Å². The number of aromatic nitrogens is 2. The molecule has 1 aromatic heterocycles. The number of hydrogen-bond donors (Lipinski definition) is 1. The summed E-state index contributed by atoms with van der Waals surface area (Å²) in [5.41, 5.74) is 1.03. The van der Waals surface area contributed by atoms with Crippen molar-refractivity contribution in [3.8, 4) is 0 Å². The molecule has 0 aliphatic rings. The molecule has 0 radical (unpaired) electrons. The number of hydrogen-bond acceptors (Lipinski definition) is 3. The minimum atomic E-state index is -0.368. The Labute approximate surface area is 90.5 Å². The van der Waals surface area contributed by atoms with Gasteiger partial charge in [-0.3, -0.25) is 0 Å². The van der Waals surface area contributed by atoms with Gasteiger partial charge in [0.15, 0.2) is 0 Å². The number of fused-ring (bicyclic) bond motifs is 1. The Bertz CT molecular complexity index is 504. The van der Waals surface area contributed by atoms with Gasteiger partial charge in [0.05, 0.1) is 16.2 Å². The van der Waals surface area contributed by atoms with Crippen LogP contribution in [0, 0.1) is 5.82 Å². The van der Waals surface area contributed by atoms with Crippen LogP contribution in [0.3, 0.4) is 0 Å². The SMILES string of the molecule is OCCc1nnc2ccc(F)cc2c1Cl. The number of rotatable bonds is 2. The molecule has 2 aromatic rings. The second-order valence-electron chi connectivity index (χ2n) is 3.10. The highest BCUT2D eigenvalue weighted by molar-refractivity contribution is 6.35. The van der Waals surface area contributed by atoms with Crippen LogP contribution in [-0.2, 0) is 6.42 Å². The third-order valence-corrected chi connectivity index (χ3v) is 2.50. The quantitative estimate of drug-likeness (QED) is 0.852. The van der Waals surface area contributed by atoms with Crippen molar-refractivity contribution in [3.05, 3.63) is 34.7 Å². The normalized spacial score (nSPS) is 10.9. The lowest BCUT2D eigenvalue weighted by atomic mass is 10.2. The smallest absolute Gasteiger partial charge is 0.124 e. The molecule has 2 rings (SSSR count). The van der Waals surface area contributed by atoms with Gasteiger partial charge in [0.25, 0.3) is 0 Å². The van der Waals surface area contributed by atoms with Crippen LogP contribution >= 0.6 is 11.6 Å². The van der Waals surface area contributed by atoms with Crippen molar-refractivity contribution in [2.45, 2.75) is 6.42 Å². The van der Waals surface area contributed by atoms with Crippen molar-refractivity contribution in [1.29, 1.82) is 0 Å². The van der Waals surface area contributed by atoms with Crippen molar-refractivity contribution < 1.29 is 9.50 Å². The van der Waals surface area contributed by atoms with Crippen LogP contribution in [-0.4, -0.2) is 21.9 Å². The van der Waals surface area contributed by atoms with Gasteiger partial charge < -0.3 is 5.11 Å². The Morgan fingerprint density at radius 1 is 1.33 bits per heavy atom. The van der Waals surface area contributed by atoms with Gasteiger partial charge in [-0.15, -0.1) is 0 Å². The molecule has 0 aliphatic heterocycles. The molecule has 78 valence electrons. The third-order valence-electron chi connectivity index (χ3n) is 2.08. The summed E-state index contributed by atoms with van der Waals surface area (Å²) in [7, 11) is 0. The first kappa shape index (κ1) is 10.3. The first-order chi connectivity index (χ1) is 7.22. The van der Waals surface area contributed by atoms with Crippen LogP contribution in [0.15, 0.2) is 18.2 Å². The van der Waals surface area contributed by atoms with Gasteiger partial charge in [0.1, 0.15) is 5.82 Å². The number of aliphatic hydroxyl groups is 1. The van der Waals surface area contributed by atoms with Crippen LogP contribution in [0.2, 0.25) is 5.02 Å². The van der Waals surface area contributed by atoms with Gasteiger partial charge in [-0.2, -0.15) is 10.2 Å². The monoisotopic (exact) mass is 226 g/mol. The number of benzene rings is 1. The number of aliphatic hydroxyl groups excluding tert-OH is 1. The van der Waals surface area contributed by atoms with Crippen molar-refractivity contribution in [1.82, 2.24) is 10.2 Å². The van der Waals surface area contributed by atoms with E-state index in [-0.39, 0.29) is 12.4 Å². The van der Waals surface area contributed by atoms with E-state index >= 15 is 0 Å². The van der Waals surface area contributed by atoms with E-state index in [1.54, 1.807) is 0 Å². The Balaban J connectivity index is 2.65. The Morgan fingerprint density at radius 2 is 2.13 bits per heavy atom. The highest BCUT2D eigenvalue weighted by atomic mass is 35.5. The molecule has 0 bridgehead atoms.